The fourth-order valence-corrected chi connectivity index (χ4v) is 2.80. The van der Waals surface area contributed by atoms with Gasteiger partial charge in [0.05, 0.1) is 4.92 Å². The van der Waals surface area contributed by atoms with Crippen LogP contribution in [0.4, 0.5) is 11.5 Å². The number of hydrogen-bond acceptors (Lipinski definition) is 5. The fourth-order valence-electron chi connectivity index (χ4n) is 2.80. The summed E-state index contributed by atoms with van der Waals surface area (Å²) < 4.78 is 1.40. The molecule has 1 saturated heterocycles. The predicted octanol–water partition coefficient (Wildman–Crippen LogP) is 1.33. The molecule has 8 heteroatoms. The first-order valence-electron chi connectivity index (χ1n) is 6.50. The van der Waals surface area contributed by atoms with Crippen LogP contribution >= 0.6 is 0 Å². The average Bonchev–Trinajstić information content (AvgIpc) is 2.64. The SMILES string of the molecule is Cc1nn(C)c(N2CCC(C)CC2C(=O)O)c1[N+](=O)[O-]. The molecule has 20 heavy (non-hydrogen) atoms. The van der Waals surface area contributed by atoms with Crippen molar-refractivity contribution in [1.82, 2.24) is 9.78 Å². The van der Waals surface area contributed by atoms with E-state index in [0.717, 1.165) is 6.42 Å². The lowest BCUT2D eigenvalue weighted by molar-refractivity contribution is -0.384. The van der Waals surface area contributed by atoms with E-state index in [2.05, 4.69) is 5.10 Å². The third-order valence-corrected chi connectivity index (χ3v) is 3.77. The van der Waals surface area contributed by atoms with E-state index in [1.807, 2.05) is 6.92 Å². The van der Waals surface area contributed by atoms with Crippen LogP contribution in [0.2, 0.25) is 0 Å². The molecule has 1 aromatic heterocycles. The molecule has 2 atom stereocenters. The Morgan fingerprint density at radius 1 is 1.55 bits per heavy atom. The second kappa shape index (κ2) is 5.10. The second-order valence-electron chi connectivity index (χ2n) is 5.32. The van der Waals surface area contributed by atoms with Crippen LogP contribution in [0, 0.1) is 23.0 Å². The highest BCUT2D eigenvalue weighted by molar-refractivity contribution is 5.80. The van der Waals surface area contributed by atoms with E-state index in [4.69, 9.17) is 0 Å². The van der Waals surface area contributed by atoms with Gasteiger partial charge in [0.25, 0.3) is 0 Å². The molecule has 1 aliphatic heterocycles. The molecule has 110 valence electrons. The van der Waals surface area contributed by atoms with E-state index >= 15 is 0 Å². The maximum Gasteiger partial charge on any atom is 0.333 e. The molecule has 2 rings (SSSR count). The minimum atomic E-state index is -0.954. The Kier molecular flexibility index (Phi) is 3.65. The Bertz CT molecular complexity index is 554. The molecular formula is C12H18N4O4. The van der Waals surface area contributed by atoms with E-state index < -0.39 is 16.9 Å². The molecule has 0 saturated carbocycles. The van der Waals surface area contributed by atoms with Crippen LogP contribution in [-0.4, -0.2) is 38.4 Å². The van der Waals surface area contributed by atoms with Crippen LogP contribution in [0.5, 0.6) is 0 Å². The molecule has 0 radical (unpaired) electrons. The first kappa shape index (κ1) is 14.3. The maximum atomic E-state index is 11.4. The van der Waals surface area contributed by atoms with Gasteiger partial charge in [0.2, 0.25) is 5.82 Å². The minimum absolute atomic E-state index is 0.103. The van der Waals surface area contributed by atoms with Crippen molar-refractivity contribution in [2.45, 2.75) is 32.7 Å². The smallest absolute Gasteiger partial charge is 0.333 e. The number of aliphatic carboxylic acids is 1. The zero-order valence-corrected chi connectivity index (χ0v) is 11.7. The Hall–Kier alpha value is -2.12. The van der Waals surface area contributed by atoms with Gasteiger partial charge in [-0.3, -0.25) is 10.1 Å². The quantitative estimate of drug-likeness (QED) is 0.662. The predicted molar refractivity (Wildman–Crippen MR) is 71.8 cm³/mol. The summed E-state index contributed by atoms with van der Waals surface area (Å²) >= 11 is 0. The standard InChI is InChI=1S/C12H18N4O4/c1-7-4-5-15(9(6-7)12(17)18)11-10(16(19)20)8(2)13-14(11)3/h7,9H,4-6H2,1-3H3,(H,17,18). The monoisotopic (exact) mass is 282 g/mol. The van der Waals surface area contributed by atoms with E-state index in [0.29, 0.717) is 24.6 Å². The Morgan fingerprint density at radius 2 is 2.20 bits per heavy atom. The van der Waals surface area contributed by atoms with Crippen LogP contribution in [0.3, 0.4) is 0 Å². The molecule has 2 heterocycles. The Morgan fingerprint density at radius 3 is 2.75 bits per heavy atom. The molecule has 0 aromatic carbocycles. The van der Waals surface area contributed by atoms with E-state index in [9.17, 15) is 20.0 Å². The van der Waals surface area contributed by atoms with E-state index in [1.165, 1.54) is 4.68 Å². The fraction of sp³-hybridized carbons (Fsp3) is 0.667. The van der Waals surface area contributed by atoms with Crippen LogP contribution in [0.1, 0.15) is 25.5 Å². The molecular weight excluding hydrogens is 264 g/mol. The summed E-state index contributed by atoms with van der Waals surface area (Å²) in [6, 6.07) is -0.743. The number of hydrogen-bond donors (Lipinski definition) is 1. The number of anilines is 1. The summed E-state index contributed by atoms with van der Waals surface area (Å²) in [5.74, 6) is -0.378. The summed E-state index contributed by atoms with van der Waals surface area (Å²) in [6.07, 6.45) is 1.29. The zero-order valence-electron chi connectivity index (χ0n) is 11.7. The number of rotatable bonds is 3. The van der Waals surface area contributed by atoms with E-state index in [-0.39, 0.29) is 11.5 Å². The number of carboxylic acid groups (broad SMARTS) is 1. The average molecular weight is 282 g/mol. The molecule has 1 aromatic rings. The normalized spacial score (nSPS) is 22.9. The number of aryl methyl sites for hydroxylation is 2. The summed E-state index contributed by atoms with van der Waals surface area (Å²) in [7, 11) is 1.60. The van der Waals surface area contributed by atoms with Crippen LogP contribution in [0.15, 0.2) is 0 Å². The van der Waals surface area contributed by atoms with Gasteiger partial charge >= 0.3 is 11.7 Å². The van der Waals surface area contributed by atoms with Gasteiger partial charge in [0.15, 0.2) is 0 Å². The van der Waals surface area contributed by atoms with Crippen molar-refractivity contribution in [2.24, 2.45) is 13.0 Å². The highest BCUT2D eigenvalue weighted by Crippen LogP contribution is 2.36. The van der Waals surface area contributed by atoms with Crippen molar-refractivity contribution in [1.29, 1.82) is 0 Å². The van der Waals surface area contributed by atoms with Gasteiger partial charge in [0, 0.05) is 13.6 Å². The van der Waals surface area contributed by atoms with Crippen LogP contribution in [0.25, 0.3) is 0 Å². The van der Waals surface area contributed by atoms with Crippen LogP contribution in [-0.2, 0) is 11.8 Å². The zero-order chi connectivity index (χ0) is 15.0. The van der Waals surface area contributed by atoms with Crippen molar-refractivity contribution in [2.75, 3.05) is 11.4 Å². The topological polar surface area (TPSA) is 102 Å². The lowest BCUT2D eigenvalue weighted by Crippen LogP contribution is -2.47. The first-order chi connectivity index (χ1) is 9.32. The highest BCUT2D eigenvalue weighted by Gasteiger charge is 2.38. The Balaban J connectivity index is 2.49. The van der Waals surface area contributed by atoms with E-state index in [1.54, 1.807) is 18.9 Å². The number of carboxylic acids is 1. The van der Waals surface area contributed by atoms with Gasteiger partial charge in [-0.1, -0.05) is 6.92 Å². The molecule has 1 N–H and O–H groups in total. The summed E-state index contributed by atoms with van der Waals surface area (Å²) in [5, 5.41) is 24.7. The molecule has 1 aliphatic rings. The summed E-state index contributed by atoms with van der Waals surface area (Å²) in [4.78, 5) is 23.8. The number of carbonyl (C=O) groups is 1. The summed E-state index contributed by atoms with van der Waals surface area (Å²) in [5.41, 5.74) is 0.198. The van der Waals surface area contributed by atoms with Crippen molar-refractivity contribution >= 4 is 17.5 Å². The molecule has 0 aliphatic carbocycles. The summed E-state index contributed by atoms with van der Waals surface area (Å²) in [6.45, 7) is 4.04. The lowest BCUT2D eigenvalue weighted by Gasteiger charge is -2.36. The number of aromatic nitrogens is 2. The third kappa shape index (κ3) is 2.33. The van der Waals surface area contributed by atoms with Gasteiger partial charge < -0.3 is 10.0 Å². The van der Waals surface area contributed by atoms with Crippen LogP contribution < -0.4 is 4.90 Å². The Labute approximate surface area is 116 Å². The highest BCUT2D eigenvalue weighted by atomic mass is 16.6. The molecule has 1 fully saturated rings. The van der Waals surface area contributed by atoms with Crippen molar-refractivity contribution in [3.63, 3.8) is 0 Å². The third-order valence-electron chi connectivity index (χ3n) is 3.77. The molecule has 0 amide bonds. The second-order valence-corrected chi connectivity index (χ2v) is 5.32. The molecule has 8 nitrogen and oxygen atoms in total. The van der Waals surface area contributed by atoms with Crippen molar-refractivity contribution in [3.05, 3.63) is 15.8 Å². The van der Waals surface area contributed by atoms with Gasteiger partial charge in [0.1, 0.15) is 11.7 Å². The lowest BCUT2D eigenvalue weighted by atomic mass is 9.92. The number of piperidine rings is 1. The molecule has 2 unspecified atom stereocenters. The van der Waals surface area contributed by atoms with Gasteiger partial charge in [-0.25, -0.2) is 9.48 Å². The number of nitro groups is 1. The minimum Gasteiger partial charge on any atom is -0.480 e. The van der Waals surface area contributed by atoms with Gasteiger partial charge in [-0.2, -0.15) is 5.10 Å². The van der Waals surface area contributed by atoms with Gasteiger partial charge in [-0.15, -0.1) is 0 Å². The van der Waals surface area contributed by atoms with Crippen molar-refractivity contribution < 1.29 is 14.8 Å². The molecule has 0 spiro atoms. The molecule has 0 bridgehead atoms. The van der Waals surface area contributed by atoms with Crippen molar-refractivity contribution in [3.8, 4) is 0 Å². The number of nitrogens with zero attached hydrogens (tertiary/aromatic N) is 4. The maximum absolute atomic E-state index is 11.4. The largest absolute Gasteiger partial charge is 0.480 e. The first-order valence-corrected chi connectivity index (χ1v) is 6.50. The van der Waals surface area contributed by atoms with Gasteiger partial charge in [-0.05, 0) is 25.7 Å².